The van der Waals surface area contributed by atoms with E-state index in [4.69, 9.17) is 14.2 Å². The number of benzene rings is 2. The topological polar surface area (TPSA) is 108 Å². The van der Waals surface area contributed by atoms with Crippen LogP contribution in [0.3, 0.4) is 0 Å². The van der Waals surface area contributed by atoms with E-state index in [0.29, 0.717) is 67.8 Å². The van der Waals surface area contributed by atoms with Crippen LogP contribution in [0.4, 0.5) is 0 Å². The number of nitrogens with zero attached hydrogens (tertiary/aromatic N) is 4. The van der Waals surface area contributed by atoms with Crippen LogP contribution in [-0.2, 0) is 20.9 Å². The molecule has 1 atom stereocenters. The van der Waals surface area contributed by atoms with E-state index in [1.54, 1.807) is 28.8 Å². The summed E-state index contributed by atoms with van der Waals surface area (Å²) < 4.78 is 18.4. The van der Waals surface area contributed by atoms with Gasteiger partial charge >= 0.3 is 0 Å². The lowest BCUT2D eigenvalue weighted by Gasteiger charge is -2.32. The number of carbonyl (C=O) groups is 2. The fourth-order valence-electron chi connectivity index (χ4n) is 4.31. The Balaban J connectivity index is 1.99. The van der Waals surface area contributed by atoms with Gasteiger partial charge in [0.2, 0.25) is 11.8 Å². The lowest BCUT2D eigenvalue weighted by molar-refractivity contribution is -0.141. The van der Waals surface area contributed by atoms with Crippen molar-refractivity contribution in [2.45, 2.75) is 53.1 Å². The zero-order chi connectivity index (χ0) is 28.2. The molecule has 0 aliphatic carbocycles. The third kappa shape index (κ3) is 8.16. The molecular formula is C29H41N5O5. The van der Waals surface area contributed by atoms with Gasteiger partial charge in [0.05, 0.1) is 19.2 Å². The van der Waals surface area contributed by atoms with Gasteiger partial charge in [-0.15, -0.1) is 5.10 Å². The average molecular weight is 540 g/mol. The second-order valence-corrected chi connectivity index (χ2v) is 9.59. The Morgan fingerprint density at radius 2 is 1.87 bits per heavy atom. The number of aromatic nitrogens is 3. The van der Waals surface area contributed by atoms with Crippen molar-refractivity contribution in [2.75, 3.05) is 40.0 Å². The number of hydrogen-bond donors (Lipinski definition) is 1. The summed E-state index contributed by atoms with van der Waals surface area (Å²) in [4.78, 5) is 29.3. The van der Waals surface area contributed by atoms with Gasteiger partial charge in [-0.3, -0.25) is 9.59 Å². The van der Waals surface area contributed by atoms with Crippen molar-refractivity contribution in [3.05, 3.63) is 48.0 Å². The van der Waals surface area contributed by atoms with E-state index < -0.39 is 6.04 Å². The summed E-state index contributed by atoms with van der Waals surface area (Å²) in [6.45, 7) is 10.3. The van der Waals surface area contributed by atoms with Gasteiger partial charge in [0.15, 0.2) is 11.5 Å². The molecule has 212 valence electrons. The first-order chi connectivity index (χ1) is 18.9. The quantitative estimate of drug-likeness (QED) is 0.274. The lowest BCUT2D eigenvalue weighted by Crippen LogP contribution is -2.46. The smallest absolute Gasteiger partial charge is 0.247 e. The highest BCUT2D eigenvalue weighted by Gasteiger charge is 2.32. The van der Waals surface area contributed by atoms with Crippen LogP contribution < -0.4 is 14.8 Å². The second-order valence-electron chi connectivity index (χ2n) is 9.59. The van der Waals surface area contributed by atoms with Crippen LogP contribution in [0.2, 0.25) is 0 Å². The molecule has 10 nitrogen and oxygen atoms in total. The van der Waals surface area contributed by atoms with E-state index in [0.717, 1.165) is 11.9 Å². The van der Waals surface area contributed by atoms with Crippen molar-refractivity contribution in [3.8, 4) is 11.5 Å². The van der Waals surface area contributed by atoms with Gasteiger partial charge in [-0.25, -0.2) is 4.68 Å². The van der Waals surface area contributed by atoms with Crippen molar-refractivity contribution in [1.82, 2.24) is 25.2 Å². The highest BCUT2D eigenvalue weighted by molar-refractivity contribution is 5.89. The van der Waals surface area contributed by atoms with Crippen LogP contribution in [0.1, 0.15) is 52.1 Å². The molecule has 0 bridgehead atoms. The number of rotatable bonds is 16. The van der Waals surface area contributed by atoms with Gasteiger partial charge in [-0.05, 0) is 62.4 Å². The van der Waals surface area contributed by atoms with E-state index >= 15 is 0 Å². The number of methoxy groups -OCH3 is 1. The Morgan fingerprint density at radius 3 is 2.59 bits per heavy atom. The van der Waals surface area contributed by atoms with Gasteiger partial charge < -0.3 is 24.4 Å². The van der Waals surface area contributed by atoms with Crippen LogP contribution in [0.25, 0.3) is 11.0 Å². The fraction of sp³-hybridized carbons (Fsp3) is 0.517. The Kier molecular flexibility index (Phi) is 11.5. The van der Waals surface area contributed by atoms with E-state index in [9.17, 15) is 9.59 Å². The highest BCUT2D eigenvalue weighted by atomic mass is 16.5. The summed E-state index contributed by atoms with van der Waals surface area (Å²) >= 11 is 0. The molecule has 1 unspecified atom stereocenters. The molecular weight excluding hydrogens is 498 g/mol. The number of fused-ring (bicyclic) bond motifs is 1. The summed E-state index contributed by atoms with van der Waals surface area (Å²) in [5.74, 6) is 0.997. The Hall–Kier alpha value is -3.66. The molecule has 0 aliphatic heterocycles. The van der Waals surface area contributed by atoms with Crippen LogP contribution in [0.5, 0.6) is 11.5 Å². The van der Waals surface area contributed by atoms with Crippen molar-refractivity contribution in [2.24, 2.45) is 5.92 Å². The first kappa shape index (κ1) is 29.9. The van der Waals surface area contributed by atoms with Crippen LogP contribution in [-0.4, -0.2) is 71.7 Å². The van der Waals surface area contributed by atoms with E-state index in [1.165, 1.54) is 0 Å². The molecule has 10 heteroatoms. The standard InChI is InChI=1S/C29H41N5O5/c1-6-38-18-10-17-33(27(35)20-34-24-12-9-8-11-23(24)31-32-34)28(29(36)30-16-15-21(3)4)22-13-14-25(39-7-2)26(19-22)37-5/h8-9,11-14,19,21,28H,6-7,10,15-18,20H2,1-5H3,(H,30,36). The molecule has 1 aromatic heterocycles. The van der Waals surface area contributed by atoms with Crippen molar-refractivity contribution < 1.29 is 23.8 Å². The van der Waals surface area contributed by atoms with E-state index in [1.807, 2.05) is 44.2 Å². The van der Waals surface area contributed by atoms with Gasteiger partial charge in [-0.2, -0.15) is 0 Å². The summed E-state index contributed by atoms with van der Waals surface area (Å²) in [5, 5.41) is 11.4. The van der Waals surface area contributed by atoms with Crippen LogP contribution >= 0.6 is 0 Å². The molecule has 0 saturated carbocycles. The fourth-order valence-corrected chi connectivity index (χ4v) is 4.31. The number of carbonyl (C=O) groups excluding carboxylic acids is 2. The van der Waals surface area contributed by atoms with Gasteiger partial charge in [-0.1, -0.05) is 37.3 Å². The van der Waals surface area contributed by atoms with E-state index in [2.05, 4.69) is 29.5 Å². The minimum atomic E-state index is -0.884. The molecule has 1 N–H and O–H groups in total. The predicted octanol–water partition coefficient (Wildman–Crippen LogP) is 4.00. The molecule has 0 spiro atoms. The van der Waals surface area contributed by atoms with Gasteiger partial charge in [0.1, 0.15) is 18.1 Å². The minimum absolute atomic E-state index is 0.0565. The minimum Gasteiger partial charge on any atom is -0.493 e. The Morgan fingerprint density at radius 1 is 1.08 bits per heavy atom. The first-order valence-corrected chi connectivity index (χ1v) is 13.6. The highest BCUT2D eigenvalue weighted by Crippen LogP contribution is 2.33. The third-order valence-corrected chi connectivity index (χ3v) is 6.30. The molecule has 0 fully saturated rings. The molecule has 39 heavy (non-hydrogen) atoms. The zero-order valence-electron chi connectivity index (χ0n) is 23.7. The summed E-state index contributed by atoms with van der Waals surface area (Å²) in [5.41, 5.74) is 2.08. The van der Waals surface area contributed by atoms with Crippen molar-refractivity contribution in [1.29, 1.82) is 0 Å². The molecule has 3 rings (SSSR count). The number of amides is 2. The summed E-state index contributed by atoms with van der Waals surface area (Å²) in [6.07, 6.45) is 1.40. The first-order valence-electron chi connectivity index (χ1n) is 13.6. The molecule has 0 radical (unpaired) electrons. The largest absolute Gasteiger partial charge is 0.493 e. The van der Waals surface area contributed by atoms with Crippen LogP contribution in [0, 0.1) is 5.92 Å². The van der Waals surface area contributed by atoms with E-state index in [-0.39, 0.29) is 18.4 Å². The van der Waals surface area contributed by atoms with Gasteiger partial charge in [0.25, 0.3) is 0 Å². The normalized spacial score (nSPS) is 11.9. The van der Waals surface area contributed by atoms with Gasteiger partial charge in [0, 0.05) is 26.3 Å². The second kappa shape index (κ2) is 15.1. The molecule has 2 aromatic carbocycles. The Bertz CT molecular complexity index is 1210. The maximum atomic E-state index is 13.9. The maximum Gasteiger partial charge on any atom is 0.247 e. The third-order valence-electron chi connectivity index (χ3n) is 6.30. The zero-order valence-corrected chi connectivity index (χ0v) is 23.7. The monoisotopic (exact) mass is 539 g/mol. The molecule has 3 aromatic rings. The number of nitrogens with one attached hydrogen (secondary N) is 1. The van der Waals surface area contributed by atoms with Crippen LogP contribution in [0.15, 0.2) is 42.5 Å². The predicted molar refractivity (Wildman–Crippen MR) is 150 cm³/mol. The summed E-state index contributed by atoms with van der Waals surface area (Å²) in [6, 6.07) is 11.9. The molecule has 1 heterocycles. The molecule has 0 aliphatic rings. The SMILES string of the molecule is CCOCCCN(C(=O)Cn1nnc2ccccc21)C(C(=O)NCCC(C)C)c1ccc(OCC)c(OC)c1. The number of hydrogen-bond acceptors (Lipinski definition) is 7. The maximum absolute atomic E-state index is 13.9. The van der Waals surface area contributed by atoms with Crippen molar-refractivity contribution in [3.63, 3.8) is 0 Å². The Labute approximate surface area is 230 Å². The molecule has 2 amide bonds. The number of ether oxygens (including phenoxy) is 3. The number of para-hydroxylation sites is 1. The summed E-state index contributed by atoms with van der Waals surface area (Å²) in [7, 11) is 1.56. The lowest BCUT2D eigenvalue weighted by atomic mass is 10.0. The average Bonchev–Trinajstić information content (AvgIpc) is 3.33. The van der Waals surface area contributed by atoms with Crippen molar-refractivity contribution >= 4 is 22.8 Å². The molecule has 0 saturated heterocycles.